The van der Waals surface area contributed by atoms with Crippen molar-refractivity contribution in [1.29, 1.82) is 0 Å². The summed E-state index contributed by atoms with van der Waals surface area (Å²) in [5.74, 6) is 0.609. The molecule has 82 valence electrons. The van der Waals surface area contributed by atoms with Crippen molar-refractivity contribution < 1.29 is 0 Å². The van der Waals surface area contributed by atoms with Crippen molar-refractivity contribution in [3.8, 4) is 0 Å². The summed E-state index contributed by atoms with van der Waals surface area (Å²) in [6.45, 7) is 0. The van der Waals surface area contributed by atoms with E-state index in [1.54, 1.807) is 12.3 Å². The van der Waals surface area contributed by atoms with Gasteiger partial charge in [0.05, 0.1) is 16.9 Å². The number of nitrogens with zero attached hydrogens (tertiary/aromatic N) is 1. The van der Waals surface area contributed by atoms with E-state index in [9.17, 15) is 0 Å². The Labute approximate surface area is 112 Å². The Morgan fingerprint density at radius 1 is 1.31 bits per heavy atom. The first-order valence-electron chi connectivity index (χ1n) is 4.59. The van der Waals surface area contributed by atoms with Crippen LogP contribution in [0.3, 0.4) is 0 Å². The summed E-state index contributed by atoms with van der Waals surface area (Å²) < 4.78 is 1.15. The Morgan fingerprint density at radius 3 is 2.81 bits per heavy atom. The third-order valence-corrected chi connectivity index (χ3v) is 2.91. The molecule has 16 heavy (non-hydrogen) atoms. The maximum Gasteiger partial charge on any atom is 0.149 e. The molecule has 0 unspecified atom stereocenters. The third-order valence-electron chi connectivity index (χ3n) is 1.95. The molecule has 0 saturated heterocycles. The van der Waals surface area contributed by atoms with Crippen LogP contribution in [0.2, 0.25) is 5.02 Å². The predicted octanol–water partition coefficient (Wildman–Crippen LogP) is 3.67. The van der Waals surface area contributed by atoms with Gasteiger partial charge in [-0.25, -0.2) is 4.98 Å². The molecule has 0 aliphatic rings. The fourth-order valence-electron chi connectivity index (χ4n) is 1.25. The van der Waals surface area contributed by atoms with Gasteiger partial charge in [0.15, 0.2) is 0 Å². The second kappa shape index (κ2) is 4.88. The molecule has 1 heterocycles. The van der Waals surface area contributed by atoms with Gasteiger partial charge in [0.1, 0.15) is 5.82 Å². The maximum absolute atomic E-state index is 6.01. The highest BCUT2D eigenvalue weighted by Gasteiger charge is 2.02. The lowest BCUT2D eigenvalue weighted by atomic mass is 10.3. The molecule has 5 heteroatoms. The first-order valence-corrected chi connectivity index (χ1v) is 6.04. The Balaban J connectivity index is 2.27. The number of benzene rings is 1. The lowest BCUT2D eigenvalue weighted by Crippen LogP contribution is -1.96. The minimum Gasteiger partial charge on any atom is -0.397 e. The van der Waals surface area contributed by atoms with Crippen molar-refractivity contribution in [3.63, 3.8) is 0 Å². The van der Waals surface area contributed by atoms with Gasteiger partial charge < -0.3 is 11.1 Å². The van der Waals surface area contributed by atoms with Crippen LogP contribution in [0.5, 0.6) is 0 Å². The van der Waals surface area contributed by atoms with Crippen molar-refractivity contribution in [2.45, 2.75) is 0 Å². The number of nitrogens with one attached hydrogen (secondary N) is 1. The van der Waals surface area contributed by atoms with Crippen molar-refractivity contribution in [1.82, 2.24) is 4.98 Å². The summed E-state index contributed by atoms with van der Waals surface area (Å²) in [5, 5.41) is 3.65. The Kier molecular flexibility index (Phi) is 3.50. The van der Waals surface area contributed by atoms with Gasteiger partial charge in [-0.2, -0.15) is 0 Å². The number of halogens is 2. The topological polar surface area (TPSA) is 50.9 Å². The number of rotatable bonds is 2. The molecule has 2 aromatic rings. The zero-order chi connectivity index (χ0) is 11.5. The van der Waals surface area contributed by atoms with Crippen LogP contribution in [0.4, 0.5) is 17.2 Å². The molecule has 1 aromatic heterocycles. The third kappa shape index (κ3) is 2.76. The van der Waals surface area contributed by atoms with Crippen molar-refractivity contribution >= 4 is 51.4 Å². The van der Waals surface area contributed by atoms with E-state index in [2.05, 4.69) is 32.9 Å². The molecule has 0 aliphatic heterocycles. The molecule has 3 N–H and O–H groups in total. The molecular weight excluding hydrogens is 336 g/mol. The van der Waals surface area contributed by atoms with E-state index in [4.69, 9.17) is 17.3 Å². The van der Waals surface area contributed by atoms with Gasteiger partial charge in [0.2, 0.25) is 0 Å². The molecule has 0 bridgehead atoms. The Morgan fingerprint density at radius 2 is 2.12 bits per heavy atom. The molecule has 1 aromatic carbocycles. The lowest BCUT2D eigenvalue weighted by Gasteiger charge is -2.07. The molecule has 0 radical (unpaired) electrons. The molecular formula is C11H9ClIN3. The number of nitrogen functional groups attached to an aromatic ring is 1. The minimum absolute atomic E-state index is 0.513. The Hall–Kier alpha value is -1.01. The first kappa shape index (κ1) is 11.5. The van der Waals surface area contributed by atoms with E-state index < -0.39 is 0 Å². The normalized spacial score (nSPS) is 10.1. The summed E-state index contributed by atoms with van der Waals surface area (Å²) in [6, 6.07) is 9.62. The summed E-state index contributed by atoms with van der Waals surface area (Å²) in [7, 11) is 0. The van der Waals surface area contributed by atoms with Crippen LogP contribution in [0.15, 0.2) is 36.5 Å². The van der Waals surface area contributed by atoms with Gasteiger partial charge in [-0.3, -0.25) is 0 Å². The van der Waals surface area contributed by atoms with E-state index in [0.29, 0.717) is 16.5 Å². The molecule has 0 spiro atoms. The van der Waals surface area contributed by atoms with Crippen LogP contribution in [0.25, 0.3) is 0 Å². The van der Waals surface area contributed by atoms with Crippen LogP contribution in [-0.2, 0) is 0 Å². The number of aromatic nitrogens is 1. The quantitative estimate of drug-likeness (QED) is 0.817. The van der Waals surface area contributed by atoms with Gasteiger partial charge in [0.25, 0.3) is 0 Å². The minimum atomic E-state index is 0.513. The highest BCUT2D eigenvalue weighted by atomic mass is 127. The van der Waals surface area contributed by atoms with Crippen molar-refractivity contribution in [3.05, 3.63) is 45.1 Å². The smallest absolute Gasteiger partial charge is 0.149 e. The van der Waals surface area contributed by atoms with Gasteiger partial charge in [-0.15, -0.1) is 0 Å². The SMILES string of the molecule is Nc1cnc(Nc2cccc(I)c2)c(Cl)c1. The number of hydrogen-bond acceptors (Lipinski definition) is 3. The highest BCUT2D eigenvalue weighted by Crippen LogP contribution is 2.25. The lowest BCUT2D eigenvalue weighted by molar-refractivity contribution is 1.31. The molecule has 0 aliphatic carbocycles. The second-order valence-electron chi connectivity index (χ2n) is 3.23. The maximum atomic E-state index is 6.01. The number of nitrogens with two attached hydrogens (primary N) is 1. The fraction of sp³-hybridized carbons (Fsp3) is 0. The molecule has 2 rings (SSSR count). The van der Waals surface area contributed by atoms with E-state index in [1.807, 2.05) is 24.3 Å². The van der Waals surface area contributed by atoms with Crippen LogP contribution in [0, 0.1) is 3.57 Å². The van der Waals surface area contributed by atoms with Crippen LogP contribution >= 0.6 is 34.2 Å². The Bertz CT molecular complexity index is 516. The summed E-state index contributed by atoms with van der Waals surface area (Å²) in [6.07, 6.45) is 1.57. The zero-order valence-corrected chi connectivity index (χ0v) is 11.2. The fourth-order valence-corrected chi connectivity index (χ4v) is 2.01. The van der Waals surface area contributed by atoms with Crippen LogP contribution in [-0.4, -0.2) is 4.98 Å². The van der Waals surface area contributed by atoms with Crippen molar-refractivity contribution in [2.75, 3.05) is 11.1 Å². The largest absolute Gasteiger partial charge is 0.397 e. The molecule has 0 fully saturated rings. The predicted molar refractivity (Wildman–Crippen MR) is 76.1 cm³/mol. The molecule has 0 saturated carbocycles. The highest BCUT2D eigenvalue weighted by molar-refractivity contribution is 14.1. The summed E-state index contributed by atoms with van der Waals surface area (Å²) in [5.41, 5.74) is 7.07. The average molecular weight is 346 g/mol. The van der Waals surface area contributed by atoms with Gasteiger partial charge in [-0.05, 0) is 46.9 Å². The van der Waals surface area contributed by atoms with Gasteiger partial charge in [-0.1, -0.05) is 17.7 Å². The van der Waals surface area contributed by atoms with E-state index in [-0.39, 0.29) is 0 Å². The zero-order valence-electron chi connectivity index (χ0n) is 8.24. The van der Waals surface area contributed by atoms with E-state index in [0.717, 1.165) is 9.26 Å². The van der Waals surface area contributed by atoms with E-state index >= 15 is 0 Å². The summed E-state index contributed by atoms with van der Waals surface area (Å²) in [4.78, 5) is 4.13. The standard InChI is InChI=1S/C11H9ClIN3/c12-10-5-8(14)6-15-11(10)16-9-3-1-2-7(13)4-9/h1-6H,14H2,(H,15,16). The summed E-state index contributed by atoms with van der Waals surface area (Å²) >= 11 is 8.26. The van der Waals surface area contributed by atoms with Crippen LogP contribution in [0.1, 0.15) is 0 Å². The van der Waals surface area contributed by atoms with Crippen LogP contribution < -0.4 is 11.1 Å². The van der Waals surface area contributed by atoms with Gasteiger partial charge >= 0.3 is 0 Å². The van der Waals surface area contributed by atoms with Gasteiger partial charge in [0, 0.05) is 9.26 Å². The average Bonchev–Trinajstić information content (AvgIpc) is 2.22. The number of hydrogen-bond donors (Lipinski definition) is 2. The monoisotopic (exact) mass is 345 g/mol. The van der Waals surface area contributed by atoms with E-state index in [1.165, 1.54) is 0 Å². The molecule has 3 nitrogen and oxygen atoms in total. The molecule has 0 amide bonds. The number of anilines is 3. The first-order chi connectivity index (χ1) is 7.65. The second-order valence-corrected chi connectivity index (χ2v) is 4.89. The van der Waals surface area contributed by atoms with Crippen molar-refractivity contribution in [2.24, 2.45) is 0 Å². The molecule has 0 atom stereocenters. The number of pyridine rings is 1.